The molecule has 0 unspecified atom stereocenters. The van der Waals surface area contributed by atoms with Gasteiger partial charge in [-0.1, -0.05) is 6.92 Å². The van der Waals surface area contributed by atoms with Crippen molar-refractivity contribution in [1.82, 2.24) is 5.32 Å². The lowest BCUT2D eigenvalue weighted by Crippen LogP contribution is -2.59. The minimum atomic E-state index is -2.82. The van der Waals surface area contributed by atoms with Crippen molar-refractivity contribution >= 4 is 9.84 Å². The monoisotopic (exact) mass is 271 g/mol. The minimum Gasteiger partial charge on any atom is -0.310 e. The first-order valence-corrected chi connectivity index (χ1v) is 9.28. The molecule has 4 aliphatic rings. The Kier molecular flexibility index (Phi) is 3.22. The standard InChI is InChI=1S/C14H25NO2S/c1-2-18(16,17)4-3-15-14-8-11-5-12(9-14)7-13(6-11)10-14/h11-13,15H,2-10H2,1H3. The van der Waals surface area contributed by atoms with Crippen LogP contribution >= 0.6 is 0 Å². The third-order valence-corrected chi connectivity index (χ3v) is 7.10. The van der Waals surface area contributed by atoms with E-state index in [1.807, 2.05) is 0 Å². The summed E-state index contributed by atoms with van der Waals surface area (Å²) in [6, 6.07) is 0. The maximum Gasteiger partial charge on any atom is 0.151 e. The maximum atomic E-state index is 11.5. The first-order valence-electron chi connectivity index (χ1n) is 7.46. The van der Waals surface area contributed by atoms with Gasteiger partial charge in [-0.05, 0) is 56.3 Å². The zero-order chi connectivity index (χ0) is 12.8. The van der Waals surface area contributed by atoms with Crippen molar-refractivity contribution in [2.75, 3.05) is 18.1 Å². The molecule has 0 aliphatic heterocycles. The van der Waals surface area contributed by atoms with Crippen molar-refractivity contribution in [2.24, 2.45) is 17.8 Å². The van der Waals surface area contributed by atoms with Gasteiger partial charge in [-0.3, -0.25) is 0 Å². The molecule has 4 fully saturated rings. The van der Waals surface area contributed by atoms with Crippen LogP contribution < -0.4 is 5.32 Å². The van der Waals surface area contributed by atoms with Crippen LogP contribution in [0.1, 0.15) is 45.4 Å². The first kappa shape index (κ1) is 12.9. The molecule has 4 heteroatoms. The van der Waals surface area contributed by atoms with E-state index in [1.165, 1.54) is 38.5 Å². The summed E-state index contributed by atoms with van der Waals surface area (Å²) in [5.41, 5.74) is 0.304. The van der Waals surface area contributed by atoms with E-state index in [1.54, 1.807) is 6.92 Å². The van der Waals surface area contributed by atoms with Gasteiger partial charge in [0.25, 0.3) is 0 Å². The normalized spacial score (nSPS) is 42.4. The maximum absolute atomic E-state index is 11.5. The lowest BCUT2D eigenvalue weighted by Gasteiger charge is -2.57. The second-order valence-electron chi connectivity index (χ2n) is 6.86. The van der Waals surface area contributed by atoms with Crippen molar-refractivity contribution < 1.29 is 8.42 Å². The molecule has 0 aromatic rings. The number of rotatable bonds is 5. The number of sulfone groups is 1. The van der Waals surface area contributed by atoms with E-state index < -0.39 is 9.84 Å². The molecule has 0 radical (unpaired) electrons. The van der Waals surface area contributed by atoms with Crippen LogP contribution in [0.2, 0.25) is 0 Å². The second-order valence-corrected chi connectivity index (χ2v) is 9.33. The van der Waals surface area contributed by atoms with Gasteiger partial charge in [0.1, 0.15) is 0 Å². The predicted molar refractivity (Wildman–Crippen MR) is 73.2 cm³/mol. The predicted octanol–water partition coefficient (Wildman–Crippen LogP) is 1.98. The summed E-state index contributed by atoms with van der Waals surface area (Å²) in [4.78, 5) is 0. The molecule has 4 aliphatic carbocycles. The molecular weight excluding hydrogens is 246 g/mol. The van der Waals surface area contributed by atoms with Crippen molar-refractivity contribution in [3.05, 3.63) is 0 Å². The molecular formula is C14H25NO2S. The van der Waals surface area contributed by atoms with Crippen molar-refractivity contribution in [1.29, 1.82) is 0 Å². The molecule has 104 valence electrons. The topological polar surface area (TPSA) is 46.2 Å². The van der Waals surface area contributed by atoms with Crippen LogP contribution in [0.25, 0.3) is 0 Å². The fourth-order valence-corrected chi connectivity index (χ4v) is 5.64. The first-order chi connectivity index (χ1) is 8.50. The molecule has 0 aromatic heterocycles. The second kappa shape index (κ2) is 4.48. The highest BCUT2D eigenvalue weighted by Crippen LogP contribution is 2.55. The Morgan fingerprint density at radius 2 is 1.56 bits per heavy atom. The average molecular weight is 271 g/mol. The van der Waals surface area contributed by atoms with E-state index in [4.69, 9.17) is 0 Å². The van der Waals surface area contributed by atoms with Crippen LogP contribution in [-0.2, 0) is 9.84 Å². The van der Waals surface area contributed by atoms with E-state index in [9.17, 15) is 8.42 Å². The molecule has 4 saturated carbocycles. The third-order valence-electron chi connectivity index (χ3n) is 5.39. The van der Waals surface area contributed by atoms with E-state index in [0.717, 1.165) is 17.8 Å². The van der Waals surface area contributed by atoms with E-state index in [-0.39, 0.29) is 5.75 Å². The minimum absolute atomic E-state index is 0.273. The smallest absolute Gasteiger partial charge is 0.151 e. The molecule has 0 atom stereocenters. The summed E-state index contributed by atoms with van der Waals surface area (Å²) in [5, 5.41) is 3.64. The van der Waals surface area contributed by atoms with E-state index in [0.29, 0.717) is 17.8 Å². The average Bonchev–Trinajstić information content (AvgIpc) is 2.26. The van der Waals surface area contributed by atoms with Gasteiger partial charge >= 0.3 is 0 Å². The molecule has 0 heterocycles. The lowest BCUT2D eigenvalue weighted by molar-refractivity contribution is -0.0186. The highest BCUT2D eigenvalue weighted by molar-refractivity contribution is 7.91. The van der Waals surface area contributed by atoms with Gasteiger partial charge in [0, 0.05) is 17.8 Å². The summed E-state index contributed by atoms with van der Waals surface area (Å²) < 4.78 is 23.1. The van der Waals surface area contributed by atoms with E-state index in [2.05, 4.69) is 5.32 Å². The van der Waals surface area contributed by atoms with Gasteiger partial charge in [0.05, 0.1) is 5.75 Å². The Morgan fingerprint density at radius 3 is 2.00 bits per heavy atom. The molecule has 3 nitrogen and oxygen atoms in total. The van der Waals surface area contributed by atoms with Crippen LogP contribution in [0.4, 0.5) is 0 Å². The van der Waals surface area contributed by atoms with Crippen molar-refractivity contribution in [3.8, 4) is 0 Å². The summed E-state index contributed by atoms with van der Waals surface area (Å²) in [7, 11) is -2.82. The van der Waals surface area contributed by atoms with Gasteiger partial charge in [-0.15, -0.1) is 0 Å². The quantitative estimate of drug-likeness (QED) is 0.831. The van der Waals surface area contributed by atoms with Gasteiger partial charge in [-0.25, -0.2) is 8.42 Å². The van der Waals surface area contributed by atoms with Gasteiger partial charge < -0.3 is 5.32 Å². The van der Waals surface area contributed by atoms with Crippen LogP contribution in [0, 0.1) is 17.8 Å². The van der Waals surface area contributed by atoms with Crippen LogP contribution in [-0.4, -0.2) is 32.0 Å². The lowest BCUT2D eigenvalue weighted by atomic mass is 9.53. The van der Waals surface area contributed by atoms with Crippen molar-refractivity contribution in [3.63, 3.8) is 0 Å². The summed E-state index contributed by atoms with van der Waals surface area (Å²) in [6.07, 6.45) is 8.21. The Hall–Kier alpha value is -0.0900. The van der Waals surface area contributed by atoms with Crippen molar-refractivity contribution in [2.45, 2.75) is 51.0 Å². The summed E-state index contributed by atoms with van der Waals surface area (Å²) >= 11 is 0. The zero-order valence-electron chi connectivity index (χ0n) is 11.3. The number of nitrogens with one attached hydrogen (secondary N) is 1. The molecule has 0 spiro atoms. The Morgan fingerprint density at radius 1 is 1.06 bits per heavy atom. The van der Waals surface area contributed by atoms with Gasteiger partial charge in [0.2, 0.25) is 0 Å². The Labute approximate surface area is 111 Å². The van der Waals surface area contributed by atoms with Crippen LogP contribution in [0.5, 0.6) is 0 Å². The largest absolute Gasteiger partial charge is 0.310 e. The SMILES string of the molecule is CCS(=O)(=O)CCNC12CC3CC(CC(C3)C1)C2. The molecule has 0 amide bonds. The summed E-state index contributed by atoms with van der Waals surface area (Å²) in [5.74, 6) is 3.35. The highest BCUT2D eigenvalue weighted by atomic mass is 32.2. The van der Waals surface area contributed by atoms with Crippen LogP contribution in [0.15, 0.2) is 0 Å². The summed E-state index contributed by atoms with van der Waals surface area (Å²) in [6.45, 7) is 2.39. The Bertz CT molecular complexity index is 380. The molecule has 18 heavy (non-hydrogen) atoms. The highest BCUT2D eigenvalue weighted by Gasteiger charge is 2.50. The fraction of sp³-hybridized carbons (Fsp3) is 1.00. The molecule has 1 N–H and O–H groups in total. The molecule has 4 bridgehead atoms. The zero-order valence-corrected chi connectivity index (χ0v) is 12.1. The molecule has 0 saturated heterocycles. The van der Waals surface area contributed by atoms with Gasteiger partial charge in [-0.2, -0.15) is 0 Å². The number of hydrogen-bond donors (Lipinski definition) is 1. The molecule has 4 rings (SSSR count). The van der Waals surface area contributed by atoms with E-state index >= 15 is 0 Å². The van der Waals surface area contributed by atoms with Crippen LogP contribution in [0.3, 0.4) is 0 Å². The Balaban J connectivity index is 1.59. The number of hydrogen-bond acceptors (Lipinski definition) is 3. The van der Waals surface area contributed by atoms with Gasteiger partial charge in [0.15, 0.2) is 9.84 Å². The third kappa shape index (κ3) is 2.46. The fourth-order valence-electron chi connectivity index (χ4n) is 4.94. The molecule has 0 aromatic carbocycles.